The highest BCUT2D eigenvalue weighted by Gasteiger charge is 2.25. The summed E-state index contributed by atoms with van der Waals surface area (Å²) in [4.78, 5) is 15.0. The highest BCUT2D eigenvalue weighted by atomic mass is 16.5. The van der Waals surface area contributed by atoms with Gasteiger partial charge in [-0.15, -0.1) is 0 Å². The molecule has 27 heavy (non-hydrogen) atoms. The van der Waals surface area contributed by atoms with Gasteiger partial charge in [0, 0.05) is 13.6 Å². The van der Waals surface area contributed by atoms with Gasteiger partial charge in [-0.2, -0.15) is 0 Å². The molecule has 0 aliphatic carbocycles. The second-order valence-corrected chi connectivity index (χ2v) is 6.53. The zero-order chi connectivity index (χ0) is 18.9. The molecule has 0 atom stereocenters. The van der Waals surface area contributed by atoms with Crippen LogP contribution in [0.2, 0.25) is 0 Å². The zero-order valence-electron chi connectivity index (χ0n) is 15.6. The van der Waals surface area contributed by atoms with Gasteiger partial charge in [-0.1, -0.05) is 78.9 Å². The molecule has 3 aromatic rings. The number of carbonyl (C=O) groups excluding carboxylic acids is 1. The average Bonchev–Trinajstić information content (AvgIpc) is 2.73. The van der Waals surface area contributed by atoms with Crippen LogP contribution in [0.3, 0.4) is 0 Å². The third-order valence-corrected chi connectivity index (χ3v) is 4.54. The van der Waals surface area contributed by atoms with Crippen LogP contribution in [-0.2, 0) is 4.79 Å². The van der Waals surface area contributed by atoms with Crippen LogP contribution in [0, 0.1) is 0 Å². The summed E-state index contributed by atoms with van der Waals surface area (Å²) < 4.78 is 5.73. The van der Waals surface area contributed by atoms with E-state index in [9.17, 15) is 4.79 Å². The van der Waals surface area contributed by atoms with Gasteiger partial charge < -0.3 is 9.64 Å². The van der Waals surface area contributed by atoms with E-state index in [-0.39, 0.29) is 11.8 Å². The summed E-state index contributed by atoms with van der Waals surface area (Å²) in [5.74, 6) is 0.678. The molecule has 0 aromatic heterocycles. The Kier molecular flexibility index (Phi) is 6.64. The largest absolute Gasteiger partial charge is 0.494 e. The molecule has 3 rings (SSSR count). The maximum atomic E-state index is 13.2. The van der Waals surface area contributed by atoms with Crippen LogP contribution >= 0.6 is 0 Å². The Balaban J connectivity index is 1.63. The lowest BCUT2D eigenvalue weighted by molar-refractivity contribution is -0.130. The van der Waals surface area contributed by atoms with Crippen LogP contribution < -0.4 is 4.74 Å². The van der Waals surface area contributed by atoms with Crippen molar-refractivity contribution in [3.63, 3.8) is 0 Å². The molecule has 138 valence electrons. The van der Waals surface area contributed by atoms with E-state index in [2.05, 4.69) is 0 Å². The van der Waals surface area contributed by atoms with E-state index in [4.69, 9.17) is 4.74 Å². The van der Waals surface area contributed by atoms with Crippen molar-refractivity contribution < 1.29 is 9.53 Å². The Morgan fingerprint density at radius 1 is 0.815 bits per heavy atom. The van der Waals surface area contributed by atoms with Crippen LogP contribution in [0.4, 0.5) is 0 Å². The number of amides is 1. The third kappa shape index (κ3) is 5.20. The van der Waals surface area contributed by atoms with Gasteiger partial charge in [-0.25, -0.2) is 0 Å². The lowest BCUT2D eigenvalue weighted by Crippen LogP contribution is -2.33. The van der Waals surface area contributed by atoms with Gasteiger partial charge in [0.05, 0.1) is 12.5 Å². The van der Waals surface area contributed by atoms with Crippen molar-refractivity contribution in [1.29, 1.82) is 0 Å². The summed E-state index contributed by atoms with van der Waals surface area (Å²) in [5.41, 5.74) is 2.03. The predicted octanol–water partition coefficient (Wildman–Crippen LogP) is 4.75. The van der Waals surface area contributed by atoms with Gasteiger partial charge in [-0.05, 0) is 29.7 Å². The maximum absolute atomic E-state index is 13.2. The van der Waals surface area contributed by atoms with Crippen molar-refractivity contribution in [3.05, 3.63) is 102 Å². The predicted molar refractivity (Wildman–Crippen MR) is 109 cm³/mol. The summed E-state index contributed by atoms with van der Waals surface area (Å²) >= 11 is 0. The molecule has 1 amide bonds. The average molecular weight is 359 g/mol. The van der Waals surface area contributed by atoms with Crippen molar-refractivity contribution in [2.45, 2.75) is 12.3 Å². The molecule has 0 saturated carbocycles. The SMILES string of the molecule is CN(CCCOc1ccccc1)C(=O)C(c1ccccc1)c1ccccc1. The number of nitrogens with zero attached hydrogens (tertiary/aromatic N) is 1. The van der Waals surface area contributed by atoms with E-state index >= 15 is 0 Å². The molecule has 0 unspecified atom stereocenters. The quantitative estimate of drug-likeness (QED) is 0.543. The van der Waals surface area contributed by atoms with Crippen molar-refractivity contribution in [2.75, 3.05) is 20.2 Å². The smallest absolute Gasteiger partial charge is 0.234 e. The highest BCUT2D eigenvalue weighted by Crippen LogP contribution is 2.26. The normalized spacial score (nSPS) is 10.6. The number of benzene rings is 3. The lowest BCUT2D eigenvalue weighted by Gasteiger charge is -2.24. The van der Waals surface area contributed by atoms with E-state index in [1.807, 2.05) is 98.0 Å². The first-order chi connectivity index (χ1) is 13.3. The third-order valence-electron chi connectivity index (χ3n) is 4.54. The fraction of sp³-hybridized carbons (Fsp3) is 0.208. The summed E-state index contributed by atoms with van der Waals surface area (Å²) in [6.07, 6.45) is 0.785. The van der Waals surface area contributed by atoms with E-state index in [0.29, 0.717) is 13.2 Å². The minimum Gasteiger partial charge on any atom is -0.494 e. The molecule has 0 heterocycles. The van der Waals surface area contributed by atoms with Crippen LogP contribution in [0.25, 0.3) is 0 Å². The topological polar surface area (TPSA) is 29.5 Å². The zero-order valence-corrected chi connectivity index (χ0v) is 15.6. The first kappa shape index (κ1) is 18.7. The number of para-hydroxylation sites is 1. The lowest BCUT2D eigenvalue weighted by atomic mass is 9.90. The monoisotopic (exact) mass is 359 g/mol. The molecule has 3 heteroatoms. The number of likely N-dealkylation sites (N-methyl/N-ethyl adjacent to an activating group) is 1. The first-order valence-corrected chi connectivity index (χ1v) is 9.28. The van der Waals surface area contributed by atoms with Crippen molar-refractivity contribution in [3.8, 4) is 5.75 Å². The van der Waals surface area contributed by atoms with Gasteiger partial charge in [0.2, 0.25) is 5.91 Å². The minimum atomic E-state index is -0.285. The fourth-order valence-corrected chi connectivity index (χ4v) is 3.11. The van der Waals surface area contributed by atoms with Crippen LogP contribution in [0.5, 0.6) is 5.75 Å². The minimum absolute atomic E-state index is 0.104. The van der Waals surface area contributed by atoms with E-state index < -0.39 is 0 Å². The molecule has 3 aromatic carbocycles. The second kappa shape index (κ2) is 9.58. The number of carbonyl (C=O) groups is 1. The molecular formula is C24H25NO2. The van der Waals surface area contributed by atoms with Gasteiger partial charge in [0.15, 0.2) is 0 Å². The summed E-state index contributed by atoms with van der Waals surface area (Å²) in [5, 5.41) is 0. The molecule has 0 aliphatic rings. The number of hydrogen-bond donors (Lipinski definition) is 0. The highest BCUT2D eigenvalue weighted by molar-refractivity contribution is 5.87. The summed E-state index contributed by atoms with van der Waals surface area (Å²) in [6, 6.07) is 29.7. The molecule has 0 N–H and O–H groups in total. The maximum Gasteiger partial charge on any atom is 0.234 e. The fourth-order valence-electron chi connectivity index (χ4n) is 3.11. The molecule has 0 aliphatic heterocycles. The summed E-state index contributed by atoms with van der Waals surface area (Å²) in [7, 11) is 1.86. The Morgan fingerprint density at radius 3 is 1.81 bits per heavy atom. The Morgan fingerprint density at radius 2 is 1.30 bits per heavy atom. The van der Waals surface area contributed by atoms with Crippen LogP contribution in [-0.4, -0.2) is 31.0 Å². The molecule has 0 spiro atoms. The van der Waals surface area contributed by atoms with Gasteiger partial charge in [0.1, 0.15) is 5.75 Å². The molecule has 0 saturated heterocycles. The van der Waals surface area contributed by atoms with E-state index in [1.54, 1.807) is 4.90 Å². The number of hydrogen-bond acceptors (Lipinski definition) is 2. The standard InChI is InChI=1S/C24H25NO2/c1-25(18-11-19-27-22-16-9-4-10-17-22)24(26)23(20-12-5-2-6-13-20)21-14-7-3-8-15-21/h2-10,12-17,23H,11,18-19H2,1H3. The van der Waals surface area contributed by atoms with Crippen LogP contribution in [0.15, 0.2) is 91.0 Å². The van der Waals surface area contributed by atoms with Crippen LogP contribution in [0.1, 0.15) is 23.5 Å². The van der Waals surface area contributed by atoms with Gasteiger partial charge >= 0.3 is 0 Å². The molecule has 0 radical (unpaired) electrons. The molecular weight excluding hydrogens is 334 g/mol. The van der Waals surface area contributed by atoms with E-state index in [0.717, 1.165) is 23.3 Å². The molecule has 0 fully saturated rings. The van der Waals surface area contributed by atoms with Crippen molar-refractivity contribution in [2.24, 2.45) is 0 Å². The molecule has 3 nitrogen and oxygen atoms in total. The Labute approximate surface area is 161 Å². The first-order valence-electron chi connectivity index (χ1n) is 9.28. The number of rotatable bonds is 8. The van der Waals surface area contributed by atoms with Gasteiger partial charge in [0.25, 0.3) is 0 Å². The van der Waals surface area contributed by atoms with E-state index in [1.165, 1.54) is 0 Å². The van der Waals surface area contributed by atoms with Gasteiger partial charge in [-0.3, -0.25) is 4.79 Å². The Bertz CT molecular complexity index is 779. The second-order valence-electron chi connectivity index (χ2n) is 6.53. The van der Waals surface area contributed by atoms with Crippen molar-refractivity contribution in [1.82, 2.24) is 4.90 Å². The van der Waals surface area contributed by atoms with Crippen molar-refractivity contribution >= 4 is 5.91 Å². The number of ether oxygens (including phenoxy) is 1. The summed E-state index contributed by atoms with van der Waals surface area (Å²) in [6.45, 7) is 1.24. The molecule has 0 bridgehead atoms. The Hall–Kier alpha value is -3.07.